The number of unbranched alkanes of at least 4 members (excludes halogenated alkanes) is 1. The number of rotatable bonds is 48. The summed E-state index contributed by atoms with van der Waals surface area (Å²) in [4.78, 5) is 110. The van der Waals surface area contributed by atoms with Gasteiger partial charge in [0.25, 0.3) is 0 Å². The third kappa shape index (κ3) is 21.1. The summed E-state index contributed by atoms with van der Waals surface area (Å²) < 4.78 is 89.4. The number of aromatic nitrogens is 3. The van der Waals surface area contributed by atoms with Crippen LogP contribution in [-0.2, 0) is 89.3 Å². The number of ether oxygens (including phenoxy) is 9. The first-order valence-electron chi connectivity index (χ1n) is 39.2. The number of anilines is 1. The molecule has 6 aliphatic rings. The predicted octanol–water partition coefficient (Wildman–Crippen LogP) is 7.89. The van der Waals surface area contributed by atoms with Crippen LogP contribution in [0.2, 0.25) is 0 Å². The number of urea groups is 1. The molecule has 602 valence electrons. The maximum Gasteiger partial charge on any atom is 0.312 e. The number of carbonyl (C=O) groups is 8. The SMILES string of the molecule is CCCCOCCOCCOCCn1nnc2c1-c1ccccc1N(C(=O)CCC(=O)NCCOCCCOCCCOCCCOCCC(=O)N[C@H](C(=O)C[C@@H](CCCNC(N)=O)C(=O)NCC(=O)[C@@]13OC(CCC)O[C@@H]1C[C@H]1[C@@H]4C[C@H](F)C5=CC(=O)C=C[C@]5(C)[C@@]4(F)[C@@H](O)C[C@@]13C)C(C)C)Cc1ccccc1-2. The van der Waals surface area contributed by atoms with Crippen molar-refractivity contribution < 1.29 is 94.9 Å². The van der Waals surface area contributed by atoms with Crippen LogP contribution in [0.4, 0.5) is 19.3 Å². The number of para-hydroxylation sites is 1. The van der Waals surface area contributed by atoms with E-state index in [2.05, 4.69) is 38.5 Å². The number of carbonyl (C=O) groups excluding carboxylic acids is 8. The van der Waals surface area contributed by atoms with Gasteiger partial charge in [0.15, 0.2) is 34.9 Å². The molecule has 2 aromatic carbocycles. The van der Waals surface area contributed by atoms with E-state index in [0.29, 0.717) is 130 Å². The summed E-state index contributed by atoms with van der Waals surface area (Å²) >= 11 is 0. The number of nitrogens with two attached hydrogens (primary N) is 1. The van der Waals surface area contributed by atoms with E-state index in [0.717, 1.165) is 53.6 Å². The number of fused-ring (bicyclic) bond motifs is 12. The number of alkyl halides is 2. The first kappa shape index (κ1) is 85.7. The van der Waals surface area contributed by atoms with Crippen molar-refractivity contribution in [3.8, 4) is 22.5 Å². The smallest absolute Gasteiger partial charge is 0.312 e. The van der Waals surface area contributed by atoms with Crippen LogP contribution in [0.5, 0.6) is 0 Å². The van der Waals surface area contributed by atoms with Crippen LogP contribution in [0, 0.1) is 34.5 Å². The highest BCUT2D eigenvalue weighted by atomic mass is 19.1. The number of amides is 6. The summed E-state index contributed by atoms with van der Waals surface area (Å²) in [6.45, 7) is 17.4. The molecule has 0 spiro atoms. The van der Waals surface area contributed by atoms with Crippen molar-refractivity contribution in [2.24, 2.45) is 40.2 Å². The Labute approximate surface area is 638 Å². The predicted molar refractivity (Wildman–Crippen MR) is 400 cm³/mol. The maximum atomic E-state index is 18.1. The lowest BCUT2D eigenvalue weighted by atomic mass is 9.44. The summed E-state index contributed by atoms with van der Waals surface area (Å²) in [5.41, 5.74) is 2.91. The third-order valence-corrected chi connectivity index (χ3v) is 22.2. The van der Waals surface area contributed by atoms with Crippen molar-refractivity contribution in [1.82, 2.24) is 36.3 Å². The van der Waals surface area contributed by atoms with Gasteiger partial charge in [0.05, 0.1) is 95.5 Å². The van der Waals surface area contributed by atoms with Crippen LogP contribution >= 0.6 is 0 Å². The normalized spacial score (nSPS) is 24.9. The number of halogens is 2. The van der Waals surface area contributed by atoms with E-state index >= 15 is 13.6 Å². The molecule has 6 amide bonds. The highest BCUT2D eigenvalue weighted by Crippen LogP contribution is 2.72. The molecule has 29 heteroatoms. The lowest BCUT2D eigenvalue weighted by Crippen LogP contribution is -2.71. The Morgan fingerprint density at radius 3 is 2.06 bits per heavy atom. The Kier molecular flexibility index (Phi) is 32.4. The molecular formula is C80H115F2N9O18. The lowest BCUT2D eigenvalue weighted by Gasteiger charge is -2.63. The number of nitrogens with one attached hydrogen (secondary N) is 4. The number of benzene rings is 2. The van der Waals surface area contributed by atoms with E-state index in [4.69, 9.17) is 48.4 Å². The molecule has 4 fully saturated rings. The van der Waals surface area contributed by atoms with Crippen molar-refractivity contribution in [1.29, 1.82) is 0 Å². The van der Waals surface area contributed by atoms with Gasteiger partial charge in [0.2, 0.25) is 23.6 Å². The number of hydrogen-bond acceptors (Lipinski definition) is 20. The molecule has 9 rings (SSSR count). The van der Waals surface area contributed by atoms with Gasteiger partial charge in [-0.25, -0.2) is 18.3 Å². The molecule has 2 aliphatic heterocycles. The molecule has 3 aromatic rings. The molecule has 4 aliphatic carbocycles. The molecule has 1 saturated heterocycles. The molecule has 1 unspecified atom stereocenters. The number of aliphatic hydroxyl groups excluding tert-OH is 1. The average molecular weight is 1530 g/mol. The highest BCUT2D eigenvalue weighted by Gasteiger charge is 2.80. The summed E-state index contributed by atoms with van der Waals surface area (Å²) in [6.07, 6.45) is 3.04. The Hall–Kier alpha value is -7.32. The molecule has 0 bridgehead atoms. The van der Waals surface area contributed by atoms with E-state index in [9.17, 15) is 38.7 Å². The summed E-state index contributed by atoms with van der Waals surface area (Å²) in [7, 11) is 0. The van der Waals surface area contributed by atoms with Gasteiger partial charge >= 0.3 is 6.03 Å². The fourth-order valence-corrected chi connectivity index (χ4v) is 16.7. The number of aliphatic hydroxyl groups is 1. The Balaban J connectivity index is 0.624. The Bertz CT molecular complexity index is 3620. The van der Waals surface area contributed by atoms with E-state index in [1.165, 1.54) is 19.1 Å². The largest absolute Gasteiger partial charge is 0.390 e. The van der Waals surface area contributed by atoms with Crippen LogP contribution in [0.3, 0.4) is 0 Å². The van der Waals surface area contributed by atoms with E-state index < -0.39 is 112 Å². The highest BCUT2D eigenvalue weighted by molar-refractivity contribution is 6.02. The van der Waals surface area contributed by atoms with Crippen molar-refractivity contribution in [3.05, 3.63) is 77.9 Å². The van der Waals surface area contributed by atoms with Crippen LogP contribution in [0.1, 0.15) is 150 Å². The zero-order valence-electron chi connectivity index (χ0n) is 64.3. The van der Waals surface area contributed by atoms with Gasteiger partial charge in [-0.1, -0.05) is 101 Å². The molecule has 3 saturated carbocycles. The van der Waals surface area contributed by atoms with E-state index in [1.54, 1.807) is 25.7 Å². The molecule has 12 atom stereocenters. The first-order chi connectivity index (χ1) is 52.5. The first-order valence-corrected chi connectivity index (χ1v) is 39.2. The number of allylic oxidation sites excluding steroid dienone is 4. The van der Waals surface area contributed by atoms with Crippen molar-refractivity contribution in [2.45, 2.75) is 199 Å². The van der Waals surface area contributed by atoms with Gasteiger partial charge in [-0.2, -0.15) is 0 Å². The second-order valence-corrected chi connectivity index (χ2v) is 30.0. The molecule has 0 radical (unpaired) electrons. The van der Waals surface area contributed by atoms with Crippen molar-refractivity contribution in [3.63, 3.8) is 0 Å². The molecule has 109 heavy (non-hydrogen) atoms. The zero-order chi connectivity index (χ0) is 78.1. The molecule has 1 aromatic heterocycles. The molecule has 3 heterocycles. The minimum atomic E-state index is -2.41. The van der Waals surface area contributed by atoms with Gasteiger partial charge in [-0.3, -0.25) is 33.6 Å². The molecular weight excluding hydrogens is 1410 g/mol. The van der Waals surface area contributed by atoms with Crippen LogP contribution in [-0.4, -0.2) is 221 Å². The second kappa shape index (κ2) is 41.3. The standard InChI is InChI=1S/C80H115F2N9O18/c1-7-9-32-105-42-44-107-45-43-106-41-31-91-74-58-22-12-13-23-63(58)90(52-55-19-10-11-21-57(55)73(74)88-89-91)70(98)25-24-68(96)84-30-40-104-38-17-36-102-34-15-33-101-35-16-37-103-39-27-69(97)87-72(53(3)4)64(93)46-54(20-14-29-85-76(83)100)75(99)86-51-66(95)80-67(108-71(109-80)18-8-2)49-59-60-48-62(81)61-47-56(92)26-28-77(61,5)79(60,82)65(94)50-78(59,80)6/h10-13,19,21-23,26,28,47,53-54,59-60,62,65,67,71-72,94H,7-9,14-18,20,24-25,27,29-46,48-52H2,1-6H3,(H,84,96)(H,86,99)(H,87,97)(H3,83,85,100)/t54-,59+,60+,62+,65+,67-,71?,72+,77+,78+,79+,80-/m1/s1. The molecule has 7 N–H and O–H groups in total. The average Bonchev–Trinajstić information content (AvgIpc) is 1.56. The number of hydrogen-bond donors (Lipinski definition) is 6. The monoisotopic (exact) mass is 1530 g/mol. The van der Waals surface area contributed by atoms with Crippen LogP contribution in [0.15, 0.2) is 72.3 Å². The van der Waals surface area contributed by atoms with Crippen LogP contribution in [0.25, 0.3) is 22.5 Å². The van der Waals surface area contributed by atoms with Gasteiger partial charge in [0, 0.05) is 119 Å². The molecule has 27 nitrogen and oxygen atoms in total. The summed E-state index contributed by atoms with van der Waals surface area (Å²) in [6, 6.07) is 13.8. The van der Waals surface area contributed by atoms with Gasteiger partial charge < -0.3 is 79.6 Å². The van der Waals surface area contributed by atoms with Gasteiger partial charge in [-0.05, 0) is 112 Å². The number of nitrogens with zero attached hydrogens (tertiary/aromatic N) is 4. The number of Topliss-reactive ketones (excluding diaryl/α,β-unsaturated/α-hetero) is 2. The maximum absolute atomic E-state index is 18.1. The Morgan fingerprint density at radius 1 is 0.725 bits per heavy atom. The van der Waals surface area contributed by atoms with Gasteiger partial charge in [-0.15, -0.1) is 5.10 Å². The zero-order valence-corrected chi connectivity index (χ0v) is 64.3. The third-order valence-electron chi connectivity index (χ3n) is 22.2. The van der Waals surface area contributed by atoms with E-state index in [-0.39, 0.29) is 101 Å². The minimum Gasteiger partial charge on any atom is -0.390 e. The van der Waals surface area contributed by atoms with Crippen molar-refractivity contribution >= 4 is 52.7 Å². The van der Waals surface area contributed by atoms with Crippen molar-refractivity contribution in [2.75, 3.05) is 117 Å². The summed E-state index contributed by atoms with van der Waals surface area (Å²) in [5, 5.41) is 32.1. The van der Waals surface area contributed by atoms with E-state index in [1.807, 2.05) is 60.1 Å². The fraction of sp³-hybridized carbons (Fsp3) is 0.675. The number of primary amides is 1. The minimum absolute atomic E-state index is 0.00303. The lowest BCUT2D eigenvalue weighted by molar-refractivity contribution is -0.234. The quantitative estimate of drug-likeness (QED) is 0.0293. The number of ketones is 3. The topological polar surface area (TPSA) is 348 Å². The summed E-state index contributed by atoms with van der Waals surface area (Å²) in [5.74, 6) is -6.25. The Morgan fingerprint density at radius 2 is 1.37 bits per heavy atom. The van der Waals surface area contributed by atoms with Gasteiger partial charge in [0.1, 0.15) is 11.9 Å². The fourth-order valence-electron chi connectivity index (χ4n) is 16.7. The van der Waals surface area contributed by atoms with Crippen LogP contribution < -0.4 is 31.9 Å². The second-order valence-electron chi connectivity index (χ2n) is 30.0.